The molecule has 0 aliphatic heterocycles. The smallest absolute Gasteiger partial charge is 0.263 e. The molecule has 0 bridgehead atoms. The summed E-state index contributed by atoms with van der Waals surface area (Å²) >= 11 is 0. The van der Waals surface area contributed by atoms with Gasteiger partial charge in [-0.05, 0) is 41.6 Å². The molecule has 5 aromatic rings. The van der Waals surface area contributed by atoms with Crippen molar-refractivity contribution in [2.45, 2.75) is 26.8 Å². The second kappa shape index (κ2) is 11.0. The molecule has 194 valence electrons. The molecule has 2 aromatic carbocycles. The van der Waals surface area contributed by atoms with E-state index in [2.05, 4.69) is 16.1 Å². The molecule has 0 unspecified atom stereocenters. The Morgan fingerprint density at radius 3 is 2.45 bits per heavy atom. The van der Waals surface area contributed by atoms with Crippen molar-refractivity contribution in [2.24, 2.45) is 5.73 Å². The monoisotopic (exact) mass is 511 g/mol. The number of aromatic nitrogens is 4. The van der Waals surface area contributed by atoms with Crippen molar-refractivity contribution in [2.75, 3.05) is 12.8 Å². The molecule has 0 atom stereocenters. The summed E-state index contributed by atoms with van der Waals surface area (Å²) in [6, 6.07) is 19.3. The van der Waals surface area contributed by atoms with Crippen LogP contribution in [0.4, 0.5) is 5.82 Å². The third-order valence-corrected chi connectivity index (χ3v) is 6.20. The zero-order valence-electron chi connectivity index (χ0n) is 21.5. The summed E-state index contributed by atoms with van der Waals surface area (Å²) in [5.74, 6) is -0.539. The van der Waals surface area contributed by atoms with E-state index in [4.69, 9.17) is 11.5 Å². The van der Waals surface area contributed by atoms with Gasteiger partial charge >= 0.3 is 0 Å². The van der Waals surface area contributed by atoms with Crippen molar-refractivity contribution in [3.8, 4) is 5.69 Å². The number of hydrogen-bond donors (Lipinski definition) is 2. The molecule has 0 spiro atoms. The van der Waals surface area contributed by atoms with Gasteiger partial charge in [0.15, 0.2) is 11.5 Å². The second-order valence-corrected chi connectivity index (χ2v) is 8.73. The van der Waals surface area contributed by atoms with Gasteiger partial charge in [-0.1, -0.05) is 43.3 Å². The lowest BCUT2D eigenvalue weighted by Gasteiger charge is -2.18. The number of anilines is 1. The normalized spacial score (nSPS) is 10.7. The van der Waals surface area contributed by atoms with Crippen LogP contribution in [0.2, 0.25) is 0 Å². The van der Waals surface area contributed by atoms with Crippen LogP contribution >= 0.6 is 0 Å². The van der Waals surface area contributed by atoms with Gasteiger partial charge in [0, 0.05) is 44.3 Å². The van der Waals surface area contributed by atoms with Gasteiger partial charge in [0.25, 0.3) is 11.5 Å². The van der Waals surface area contributed by atoms with Crippen molar-refractivity contribution >= 4 is 34.1 Å². The average Bonchev–Trinajstić information content (AvgIpc) is 3.25. The van der Waals surface area contributed by atoms with E-state index in [0.29, 0.717) is 17.6 Å². The van der Waals surface area contributed by atoms with Gasteiger partial charge in [0.2, 0.25) is 5.91 Å². The van der Waals surface area contributed by atoms with Gasteiger partial charge in [0.1, 0.15) is 5.56 Å². The summed E-state index contributed by atoms with van der Waals surface area (Å²) in [5.41, 5.74) is 13.8. The summed E-state index contributed by atoms with van der Waals surface area (Å²) in [6.07, 6.45) is 3.95. The fraction of sp³-hybridized carbons (Fsp3) is 0.179. The molecule has 2 amide bonds. The standard InChI is InChI=1S/C21H22N2O2.C7H7N5O/c1-4-18-13-16-9-8-10-17(14-22(3)15(2)24)20(16)21(25)23(18)19-11-6-5-7-12-19;8-5-4(6(9)13)7-10-2-1-3-12(7)11-5/h5-13H,4,14H2,1-3H3;1-3H,(H2,8,11)(H2,9,13). The Morgan fingerprint density at radius 1 is 1.05 bits per heavy atom. The van der Waals surface area contributed by atoms with E-state index in [-0.39, 0.29) is 22.8 Å². The second-order valence-electron chi connectivity index (χ2n) is 8.73. The summed E-state index contributed by atoms with van der Waals surface area (Å²) in [7, 11) is 1.75. The predicted molar refractivity (Wildman–Crippen MR) is 147 cm³/mol. The first kappa shape index (κ1) is 26.1. The lowest BCUT2D eigenvalue weighted by molar-refractivity contribution is -0.128. The first-order chi connectivity index (χ1) is 18.2. The number of nitrogen functional groups attached to an aromatic ring is 1. The fourth-order valence-corrected chi connectivity index (χ4v) is 4.25. The van der Waals surface area contributed by atoms with Crippen LogP contribution < -0.4 is 17.0 Å². The predicted octanol–water partition coefficient (Wildman–Crippen LogP) is 2.94. The molecule has 0 fully saturated rings. The van der Waals surface area contributed by atoms with Crippen LogP contribution in [0.1, 0.15) is 35.5 Å². The molecule has 10 heteroatoms. The van der Waals surface area contributed by atoms with Crippen molar-refractivity contribution in [1.82, 2.24) is 24.1 Å². The lowest BCUT2D eigenvalue weighted by Crippen LogP contribution is -2.26. The molecule has 38 heavy (non-hydrogen) atoms. The Labute approximate surface area is 219 Å². The van der Waals surface area contributed by atoms with Gasteiger partial charge in [-0.2, -0.15) is 0 Å². The van der Waals surface area contributed by atoms with Crippen LogP contribution in [0, 0.1) is 0 Å². The maximum absolute atomic E-state index is 13.3. The number of fused-ring (bicyclic) bond motifs is 2. The number of primary amides is 1. The summed E-state index contributed by atoms with van der Waals surface area (Å²) in [6.45, 7) is 4.00. The quantitative estimate of drug-likeness (QED) is 0.372. The van der Waals surface area contributed by atoms with E-state index in [0.717, 1.165) is 28.8 Å². The van der Waals surface area contributed by atoms with E-state index in [1.165, 1.54) is 11.4 Å². The molecule has 3 heterocycles. The van der Waals surface area contributed by atoms with Gasteiger partial charge in [0.05, 0.1) is 5.39 Å². The maximum atomic E-state index is 13.3. The molecule has 4 N–H and O–H groups in total. The number of amides is 2. The molecule has 3 aromatic heterocycles. The van der Waals surface area contributed by atoms with E-state index in [9.17, 15) is 14.4 Å². The van der Waals surface area contributed by atoms with Crippen LogP contribution in [-0.4, -0.2) is 42.9 Å². The van der Waals surface area contributed by atoms with E-state index in [1.54, 1.807) is 35.0 Å². The Bertz CT molecular complexity index is 1690. The molecule has 0 aliphatic carbocycles. The number of pyridine rings is 1. The Morgan fingerprint density at radius 2 is 1.79 bits per heavy atom. The van der Waals surface area contributed by atoms with Crippen molar-refractivity contribution in [1.29, 1.82) is 0 Å². The van der Waals surface area contributed by atoms with Crippen molar-refractivity contribution in [3.63, 3.8) is 0 Å². The average molecular weight is 512 g/mol. The van der Waals surface area contributed by atoms with E-state index in [1.807, 2.05) is 55.5 Å². The number of benzene rings is 2. The summed E-state index contributed by atoms with van der Waals surface area (Å²) in [4.78, 5) is 41.4. The minimum Gasteiger partial charge on any atom is -0.381 e. The maximum Gasteiger partial charge on any atom is 0.263 e. The lowest BCUT2D eigenvalue weighted by atomic mass is 10.0. The molecule has 0 radical (unpaired) electrons. The third kappa shape index (κ3) is 5.10. The zero-order chi connectivity index (χ0) is 27.4. The zero-order valence-corrected chi connectivity index (χ0v) is 21.5. The van der Waals surface area contributed by atoms with Crippen LogP contribution in [0.15, 0.2) is 77.9 Å². The van der Waals surface area contributed by atoms with Gasteiger partial charge in [-0.25, -0.2) is 9.50 Å². The number of rotatable bonds is 5. The van der Waals surface area contributed by atoms with Crippen molar-refractivity contribution in [3.05, 3.63) is 100 Å². The first-order valence-corrected chi connectivity index (χ1v) is 12.0. The number of para-hydroxylation sites is 1. The van der Waals surface area contributed by atoms with E-state index >= 15 is 0 Å². The highest BCUT2D eigenvalue weighted by Crippen LogP contribution is 2.21. The fourth-order valence-electron chi connectivity index (χ4n) is 4.25. The molecule has 0 aliphatic rings. The highest BCUT2D eigenvalue weighted by molar-refractivity contribution is 6.03. The molecule has 10 nitrogen and oxygen atoms in total. The van der Waals surface area contributed by atoms with E-state index < -0.39 is 5.91 Å². The first-order valence-electron chi connectivity index (χ1n) is 12.0. The largest absolute Gasteiger partial charge is 0.381 e. The topological polar surface area (TPSA) is 142 Å². The number of aryl methyl sites for hydroxylation is 1. The van der Waals surface area contributed by atoms with Gasteiger partial charge in [-0.15, -0.1) is 5.10 Å². The van der Waals surface area contributed by atoms with Gasteiger partial charge in [-0.3, -0.25) is 19.0 Å². The number of nitrogens with zero attached hydrogens (tertiary/aromatic N) is 5. The molecule has 0 saturated carbocycles. The van der Waals surface area contributed by atoms with Crippen LogP contribution in [-0.2, 0) is 17.8 Å². The minimum atomic E-state index is -0.619. The van der Waals surface area contributed by atoms with Crippen LogP contribution in [0.5, 0.6) is 0 Å². The minimum absolute atomic E-state index is 0.0226. The summed E-state index contributed by atoms with van der Waals surface area (Å²) < 4.78 is 3.19. The Hall–Kier alpha value is -4.99. The summed E-state index contributed by atoms with van der Waals surface area (Å²) in [5, 5.41) is 5.46. The molecule has 5 rings (SSSR count). The number of hydrogen-bond acceptors (Lipinski definition) is 6. The van der Waals surface area contributed by atoms with Crippen LogP contribution in [0.25, 0.3) is 22.1 Å². The highest BCUT2D eigenvalue weighted by atomic mass is 16.2. The molecule has 0 saturated heterocycles. The third-order valence-electron chi connectivity index (χ3n) is 6.20. The van der Waals surface area contributed by atoms with Gasteiger partial charge < -0.3 is 16.4 Å². The number of carbonyl (C=O) groups excluding carboxylic acids is 2. The van der Waals surface area contributed by atoms with Crippen LogP contribution in [0.3, 0.4) is 0 Å². The number of nitrogens with two attached hydrogens (primary N) is 2. The van der Waals surface area contributed by atoms with Crippen molar-refractivity contribution < 1.29 is 9.59 Å². The Balaban J connectivity index is 0.000000216. The molecular formula is C28H29N7O3. The number of carbonyl (C=O) groups is 2. The highest BCUT2D eigenvalue weighted by Gasteiger charge is 2.16. The SMILES string of the molecule is CCc1cc2cccc(CN(C)C(C)=O)c2c(=O)n1-c1ccccc1.NC(=O)c1c(N)nn2cccnc12. The Kier molecular flexibility index (Phi) is 7.52. The molecular weight excluding hydrogens is 482 g/mol.